The van der Waals surface area contributed by atoms with Gasteiger partial charge in [-0.05, 0) is 24.5 Å². The molecule has 0 bridgehead atoms. The van der Waals surface area contributed by atoms with Crippen molar-refractivity contribution in [1.29, 1.82) is 0 Å². The van der Waals surface area contributed by atoms with E-state index >= 15 is 0 Å². The summed E-state index contributed by atoms with van der Waals surface area (Å²) in [4.78, 5) is 27.6. The Bertz CT molecular complexity index is 591. The van der Waals surface area contributed by atoms with Gasteiger partial charge in [0.05, 0.1) is 0 Å². The molecule has 1 aromatic carbocycles. The van der Waals surface area contributed by atoms with Gasteiger partial charge in [0, 0.05) is 22.6 Å². The maximum atomic E-state index is 12.0. The second-order valence-corrected chi connectivity index (χ2v) is 5.78. The maximum Gasteiger partial charge on any atom is 0.267 e. The van der Waals surface area contributed by atoms with Crippen molar-refractivity contribution in [2.24, 2.45) is 4.99 Å². The van der Waals surface area contributed by atoms with Crippen molar-refractivity contribution < 1.29 is 9.59 Å². The van der Waals surface area contributed by atoms with Crippen molar-refractivity contribution >= 4 is 50.4 Å². The first kappa shape index (κ1) is 14.9. The number of anilines is 1. The van der Waals surface area contributed by atoms with Crippen molar-refractivity contribution in [3.05, 3.63) is 28.2 Å². The molecule has 0 spiro atoms. The third-order valence-corrected chi connectivity index (χ3v) is 3.69. The number of hydrogen-bond acceptors (Lipinski definition) is 5. The van der Waals surface area contributed by atoms with E-state index in [0.717, 1.165) is 4.47 Å². The summed E-state index contributed by atoms with van der Waals surface area (Å²) in [5.41, 5.74) is 6.49. The molecule has 106 valence electrons. The Kier molecular flexibility index (Phi) is 4.66. The van der Waals surface area contributed by atoms with E-state index in [9.17, 15) is 9.59 Å². The van der Waals surface area contributed by atoms with E-state index in [0.29, 0.717) is 16.4 Å². The number of halogens is 1. The first-order chi connectivity index (χ1) is 9.51. The minimum Gasteiger partial charge on any atom is -0.326 e. The van der Waals surface area contributed by atoms with E-state index < -0.39 is 6.04 Å². The summed E-state index contributed by atoms with van der Waals surface area (Å²) in [6.07, 6.45) is 1.86. The van der Waals surface area contributed by atoms with E-state index in [1.54, 1.807) is 18.2 Å². The SMILES string of the molecule is CSC1=N[C@H](c2cc(Br)ccc2NC(C)=O)C(=O)NN1. The first-order valence-electron chi connectivity index (χ1n) is 5.76. The zero-order valence-corrected chi connectivity index (χ0v) is 13.3. The zero-order chi connectivity index (χ0) is 14.7. The van der Waals surface area contributed by atoms with Gasteiger partial charge < -0.3 is 5.32 Å². The molecule has 0 radical (unpaired) electrons. The molecule has 1 heterocycles. The molecular weight excluding hydrogens is 344 g/mol. The third-order valence-electron chi connectivity index (χ3n) is 2.60. The van der Waals surface area contributed by atoms with E-state index in [2.05, 4.69) is 37.1 Å². The van der Waals surface area contributed by atoms with Crippen LogP contribution in [0.1, 0.15) is 18.5 Å². The quantitative estimate of drug-likeness (QED) is 0.754. The van der Waals surface area contributed by atoms with Crippen LogP contribution in [-0.4, -0.2) is 23.2 Å². The van der Waals surface area contributed by atoms with Gasteiger partial charge in [0.15, 0.2) is 11.2 Å². The first-order valence-corrected chi connectivity index (χ1v) is 7.77. The lowest BCUT2D eigenvalue weighted by atomic mass is 10.0. The number of nitrogens with zero attached hydrogens (tertiary/aromatic N) is 1. The molecule has 1 aliphatic heterocycles. The molecule has 0 fully saturated rings. The third kappa shape index (κ3) is 3.31. The predicted molar refractivity (Wildman–Crippen MR) is 83.4 cm³/mol. The van der Waals surface area contributed by atoms with Gasteiger partial charge in [-0.25, -0.2) is 4.99 Å². The monoisotopic (exact) mass is 356 g/mol. The summed E-state index contributed by atoms with van der Waals surface area (Å²) >= 11 is 4.76. The fourth-order valence-corrected chi connectivity index (χ4v) is 2.51. The Balaban J connectivity index is 2.46. The lowest BCUT2D eigenvalue weighted by molar-refractivity contribution is -0.123. The molecular formula is C12H13BrN4O2S. The predicted octanol–water partition coefficient (Wildman–Crippen LogP) is 1.80. The number of nitrogens with one attached hydrogen (secondary N) is 3. The van der Waals surface area contributed by atoms with Crippen LogP contribution in [0.2, 0.25) is 0 Å². The van der Waals surface area contributed by atoms with Crippen molar-refractivity contribution in [2.75, 3.05) is 11.6 Å². The van der Waals surface area contributed by atoms with Gasteiger partial charge in [-0.15, -0.1) is 0 Å². The number of hydrazine groups is 1. The highest BCUT2D eigenvalue weighted by atomic mass is 79.9. The number of aliphatic imine (C=N–C) groups is 1. The van der Waals surface area contributed by atoms with Gasteiger partial charge in [0.25, 0.3) is 5.91 Å². The Hall–Kier alpha value is -1.54. The van der Waals surface area contributed by atoms with Gasteiger partial charge >= 0.3 is 0 Å². The molecule has 0 saturated heterocycles. The van der Waals surface area contributed by atoms with Gasteiger partial charge in [-0.2, -0.15) is 0 Å². The summed E-state index contributed by atoms with van der Waals surface area (Å²) in [7, 11) is 0. The zero-order valence-electron chi connectivity index (χ0n) is 10.9. The molecule has 0 aromatic heterocycles. The van der Waals surface area contributed by atoms with E-state index in [1.807, 2.05) is 6.26 Å². The van der Waals surface area contributed by atoms with Gasteiger partial charge in [0.2, 0.25) is 5.91 Å². The average molecular weight is 357 g/mol. The van der Waals surface area contributed by atoms with Gasteiger partial charge in [-0.3, -0.25) is 20.4 Å². The number of rotatable bonds is 2. The van der Waals surface area contributed by atoms with Crippen LogP contribution in [0.15, 0.2) is 27.7 Å². The molecule has 2 rings (SSSR count). The second-order valence-electron chi connectivity index (χ2n) is 4.07. The highest BCUT2D eigenvalue weighted by Crippen LogP contribution is 2.30. The van der Waals surface area contributed by atoms with Crippen LogP contribution in [-0.2, 0) is 9.59 Å². The minimum atomic E-state index is -0.696. The minimum absolute atomic E-state index is 0.197. The number of carbonyl (C=O) groups excluding carboxylic acids is 2. The summed E-state index contributed by atoms with van der Waals surface area (Å²) in [6.45, 7) is 1.42. The fourth-order valence-electron chi connectivity index (χ4n) is 1.77. The van der Waals surface area contributed by atoms with Crippen LogP contribution >= 0.6 is 27.7 Å². The molecule has 1 aromatic rings. The molecule has 0 unspecified atom stereocenters. The molecule has 8 heteroatoms. The van der Waals surface area contributed by atoms with Crippen molar-refractivity contribution in [1.82, 2.24) is 10.9 Å². The topological polar surface area (TPSA) is 82.6 Å². The normalized spacial score (nSPS) is 17.9. The number of amidine groups is 1. The second kappa shape index (κ2) is 6.27. The van der Waals surface area contributed by atoms with Crippen LogP contribution in [0.25, 0.3) is 0 Å². The summed E-state index contributed by atoms with van der Waals surface area (Å²) in [6, 6.07) is 4.62. The van der Waals surface area contributed by atoms with Crippen LogP contribution in [0.3, 0.4) is 0 Å². The number of amides is 2. The van der Waals surface area contributed by atoms with Crippen molar-refractivity contribution in [2.45, 2.75) is 13.0 Å². The van der Waals surface area contributed by atoms with Crippen LogP contribution in [0.5, 0.6) is 0 Å². The smallest absolute Gasteiger partial charge is 0.267 e. The summed E-state index contributed by atoms with van der Waals surface area (Å²) in [5, 5.41) is 3.33. The molecule has 1 aliphatic rings. The molecule has 3 N–H and O–H groups in total. The molecule has 1 atom stereocenters. The summed E-state index contributed by atoms with van der Waals surface area (Å²) < 4.78 is 0.814. The highest BCUT2D eigenvalue weighted by Gasteiger charge is 2.27. The van der Waals surface area contributed by atoms with Gasteiger partial charge in [-0.1, -0.05) is 27.7 Å². The van der Waals surface area contributed by atoms with Crippen molar-refractivity contribution in [3.8, 4) is 0 Å². The Morgan fingerprint density at radius 2 is 2.20 bits per heavy atom. The van der Waals surface area contributed by atoms with Gasteiger partial charge in [0.1, 0.15) is 0 Å². The lowest BCUT2D eigenvalue weighted by Crippen LogP contribution is -2.47. The number of hydrogen-bond donors (Lipinski definition) is 3. The Labute approximate surface area is 128 Å². The molecule has 20 heavy (non-hydrogen) atoms. The number of carbonyl (C=O) groups is 2. The van der Waals surface area contributed by atoms with Crippen molar-refractivity contribution in [3.63, 3.8) is 0 Å². The largest absolute Gasteiger partial charge is 0.326 e. The lowest BCUT2D eigenvalue weighted by Gasteiger charge is -2.23. The number of thioether (sulfide) groups is 1. The highest BCUT2D eigenvalue weighted by molar-refractivity contribution is 9.10. The van der Waals surface area contributed by atoms with Crippen LogP contribution < -0.4 is 16.2 Å². The molecule has 6 nitrogen and oxygen atoms in total. The molecule has 0 aliphatic carbocycles. The standard InChI is InChI=1S/C12H13BrN4O2S/c1-6(18)14-9-4-3-7(13)5-8(9)10-11(19)16-17-12(15-10)20-2/h3-5,10H,1-2H3,(H,14,18)(H,15,17)(H,16,19)/t10-/m1/s1. The fraction of sp³-hybridized carbons (Fsp3) is 0.250. The van der Waals surface area contributed by atoms with Crippen LogP contribution in [0.4, 0.5) is 5.69 Å². The van der Waals surface area contributed by atoms with E-state index in [4.69, 9.17) is 0 Å². The maximum absolute atomic E-state index is 12.0. The van der Waals surface area contributed by atoms with E-state index in [-0.39, 0.29) is 11.8 Å². The Morgan fingerprint density at radius 1 is 1.45 bits per heavy atom. The van der Waals surface area contributed by atoms with E-state index in [1.165, 1.54) is 18.7 Å². The number of benzene rings is 1. The average Bonchev–Trinajstić information content (AvgIpc) is 2.41. The molecule has 2 amide bonds. The molecule has 0 saturated carbocycles. The summed E-state index contributed by atoms with van der Waals surface area (Å²) in [5.74, 6) is -0.468. The Morgan fingerprint density at radius 3 is 2.85 bits per heavy atom. The van der Waals surface area contributed by atoms with Crippen LogP contribution in [0, 0.1) is 0 Å².